The van der Waals surface area contributed by atoms with E-state index in [1.54, 1.807) is 0 Å². The lowest BCUT2D eigenvalue weighted by atomic mass is 9.94. The van der Waals surface area contributed by atoms with Crippen LogP contribution in [0, 0.1) is 15.9 Å². The van der Waals surface area contributed by atoms with E-state index in [2.05, 4.69) is 10.1 Å². The Morgan fingerprint density at radius 2 is 1.71 bits per heavy atom. The van der Waals surface area contributed by atoms with Gasteiger partial charge >= 0.3 is 6.36 Å². The zero-order chi connectivity index (χ0) is 21.2. The standard InChI is InChI=1S/C18H17F4N3O4.2ClH/c19-15-10-12(25(27)28)9-14(17(15)26)16(24-7-5-23-6-8-24)11-1-3-13(4-2-11)29-18(20,21)22;;/h1-4,9-10,16,23,26H,5-8H2;2*1H/t16-;;/m1../s1. The highest BCUT2D eigenvalue weighted by Crippen LogP contribution is 2.39. The number of hydrogen-bond acceptors (Lipinski definition) is 6. The molecule has 1 fully saturated rings. The predicted molar refractivity (Wildman–Crippen MR) is 109 cm³/mol. The summed E-state index contributed by atoms with van der Waals surface area (Å²) >= 11 is 0. The van der Waals surface area contributed by atoms with Gasteiger partial charge in [-0.15, -0.1) is 38.0 Å². The first kappa shape index (κ1) is 26.7. The second kappa shape index (κ2) is 10.8. The summed E-state index contributed by atoms with van der Waals surface area (Å²) in [4.78, 5) is 12.2. The molecule has 1 heterocycles. The van der Waals surface area contributed by atoms with Gasteiger partial charge in [0.25, 0.3) is 5.69 Å². The molecule has 0 radical (unpaired) electrons. The monoisotopic (exact) mass is 487 g/mol. The SMILES string of the molecule is Cl.Cl.O=[N+]([O-])c1cc(F)c(O)c([C@@H](c2ccc(OC(F)(F)F)cc2)N2CCNCC2)c1. The first-order valence-corrected chi connectivity index (χ1v) is 8.63. The first-order valence-electron chi connectivity index (χ1n) is 8.63. The Morgan fingerprint density at radius 1 is 1.13 bits per heavy atom. The quantitative estimate of drug-likeness (QED) is 0.373. The van der Waals surface area contributed by atoms with Gasteiger partial charge in [0.2, 0.25) is 0 Å². The normalized spacial score (nSPS) is 15.4. The molecule has 0 spiro atoms. The van der Waals surface area contributed by atoms with Crippen LogP contribution in [0.2, 0.25) is 0 Å². The van der Waals surface area contributed by atoms with Gasteiger partial charge in [-0.05, 0) is 17.7 Å². The Hall–Kier alpha value is -2.34. The van der Waals surface area contributed by atoms with Crippen LogP contribution in [0.4, 0.5) is 23.2 Å². The average Bonchev–Trinajstić information content (AvgIpc) is 2.66. The molecule has 3 rings (SSSR count). The van der Waals surface area contributed by atoms with Crippen molar-refractivity contribution in [3.8, 4) is 11.5 Å². The molecule has 0 amide bonds. The molecule has 1 saturated heterocycles. The van der Waals surface area contributed by atoms with E-state index < -0.39 is 40.3 Å². The number of rotatable bonds is 5. The molecule has 2 N–H and O–H groups in total. The van der Waals surface area contributed by atoms with Crippen molar-refractivity contribution >= 4 is 30.5 Å². The fourth-order valence-electron chi connectivity index (χ4n) is 3.30. The van der Waals surface area contributed by atoms with E-state index in [-0.39, 0.29) is 30.4 Å². The van der Waals surface area contributed by atoms with Crippen LogP contribution in [-0.4, -0.2) is 47.5 Å². The molecule has 1 aliphatic heterocycles. The number of non-ortho nitro benzene ring substituents is 1. The molecule has 0 aliphatic carbocycles. The smallest absolute Gasteiger partial charge is 0.505 e. The van der Waals surface area contributed by atoms with Crippen LogP contribution in [-0.2, 0) is 0 Å². The van der Waals surface area contributed by atoms with Gasteiger partial charge in [-0.1, -0.05) is 12.1 Å². The van der Waals surface area contributed by atoms with Crippen molar-refractivity contribution in [2.75, 3.05) is 26.2 Å². The Labute approximate surface area is 187 Å². The number of nitrogens with zero attached hydrogens (tertiary/aromatic N) is 2. The number of nitro benzene ring substituents is 1. The third kappa shape index (κ3) is 6.57. The Morgan fingerprint density at radius 3 is 2.23 bits per heavy atom. The molecule has 7 nitrogen and oxygen atoms in total. The highest BCUT2D eigenvalue weighted by molar-refractivity contribution is 5.85. The maximum absolute atomic E-state index is 14.2. The third-order valence-corrected chi connectivity index (χ3v) is 4.53. The van der Waals surface area contributed by atoms with E-state index in [0.717, 1.165) is 18.2 Å². The van der Waals surface area contributed by atoms with Crippen molar-refractivity contribution in [1.29, 1.82) is 0 Å². The van der Waals surface area contributed by atoms with Gasteiger partial charge in [-0.2, -0.15) is 0 Å². The molecular formula is C18H19Cl2F4N3O4. The van der Waals surface area contributed by atoms with Gasteiger partial charge in [-0.25, -0.2) is 4.39 Å². The number of aromatic hydroxyl groups is 1. The lowest BCUT2D eigenvalue weighted by Gasteiger charge is -2.35. The fraction of sp³-hybridized carbons (Fsp3) is 0.333. The van der Waals surface area contributed by atoms with E-state index in [1.807, 2.05) is 4.90 Å². The van der Waals surface area contributed by atoms with Crippen molar-refractivity contribution in [3.05, 3.63) is 63.5 Å². The number of benzene rings is 2. The van der Waals surface area contributed by atoms with E-state index in [4.69, 9.17) is 0 Å². The molecule has 0 aromatic heterocycles. The number of alkyl halides is 3. The lowest BCUT2D eigenvalue weighted by molar-refractivity contribution is -0.385. The molecule has 172 valence electrons. The number of piperazine rings is 1. The molecule has 13 heteroatoms. The average molecular weight is 488 g/mol. The Balaban J connectivity index is 0.00000240. The zero-order valence-corrected chi connectivity index (χ0v) is 17.4. The van der Waals surface area contributed by atoms with Crippen molar-refractivity contribution in [2.24, 2.45) is 0 Å². The molecule has 1 aliphatic rings. The number of halogens is 6. The van der Waals surface area contributed by atoms with Gasteiger partial charge < -0.3 is 15.2 Å². The number of nitro groups is 1. The molecule has 0 saturated carbocycles. The maximum Gasteiger partial charge on any atom is 0.573 e. The van der Waals surface area contributed by atoms with E-state index in [9.17, 15) is 32.8 Å². The number of phenols is 1. The first-order chi connectivity index (χ1) is 13.7. The van der Waals surface area contributed by atoms with Crippen molar-refractivity contribution in [3.63, 3.8) is 0 Å². The summed E-state index contributed by atoms with van der Waals surface area (Å²) in [7, 11) is 0. The van der Waals surface area contributed by atoms with Gasteiger partial charge in [-0.3, -0.25) is 15.0 Å². The van der Waals surface area contributed by atoms with Gasteiger partial charge in [0.05, 0.1) is 17.0 Å². The largest absolute Gasteiger partial charge is 0.573 e. The van der Waals surface area contributed by atoms with E-state index in [1.165, 1.54) is 12.1 Å². The molecule has 1 atom stereocenters. The van der Waals surface area contributed by atoms with Crippen LogP contribution in [0.1, 0.15) is 17.2 Å². The van der Waals surface area contributed by atoms with Gasteiger partial charge in [0, 0.05) is 37.8 Å². The van der Waals surface area contributed by atoms with Crippen LogP contribution < -0.4 is 10.1 Å². The van der Waals surface area contributed by atoms with Crippen molar-refractivity contribution in [1.82, 2.24) is 10.2 Å². The summed E-state index contributed by atoms with van der Waals surface area (Å²) in [6.45, 7) is 2.14. The molecular weight excluding hydrogens is 469 g/mol. The minimum Gasteiger partial charge on any atom is -0.505 e. The van der Waals surface area contributed by atoms with Crippen LogP contribution in [0.3, 0.4) is 0 Å². The second-order valence-electron chi connectivity index (χ2n) is 6.43. The summed E-state index contributed by atoms with van der Waals surface area (Å²) in [5.41, 5.74) is -0.146. The minimum absolute atomic E-state index is 0. The second-order valence-corrected chi connectivity index (χ2v) is 6.43. The summed E-state index contributed by atoms with van der Waals surface area (Å²) < 4.78 is 55.2. The highest BCUT2D eigenvalue weighted by atomic mass is 35.5. The van der Waals surface area contributed by atoms with E-state index in [0.29, 0.717) is 37.8 Å². The summed E-state index contributed by atoms with van der Waals surface area (Å²) in [6.07, 6.45) is -4.85. The number of hydrogen-bond donors (Lipinski definition) is 2. The van der Waals surface area contributed by atoms with Crippen molar-refractivity contribution < 1.29 is 32.3 Å². The molecule has 0 bridgehead atoms. The van der Waals surface area contributed by atoms with Crippen LogP contribution in [0.25, 0.3) is 0 Å². The topological polar surface area (TPSA) is 87.9 Å². The number of ether oxygens (including phenoxy) is 1. The van der Waals surface area contributed by atoms with Crippen LogP contribution in [0.15, 0.2) is 36.4 Å². The molecule has 31 heavy (non-hydrogen) atoms. The van der Waals surface area contributed by atoms with E-state index >= 15 is 0 Å². The van der Waals surface area contributed by atoms with Gasteiger partial charge in [0.1, 0.15) is 5.75 Å². The summed E-state index contributed by atoms with van der Waals surface area (Å²) in [5.74, 6) is -2.32. The summed E-state index contributed by atoms with van der Waals surface area (Å²) in [6, 6.07) is 5.80. The third-order valence-electron chi connectivity index (χ3n) is 4.53. The fourth-order valence-corrected chi connectivity index (χ4v) is 3.30. The van der Waals surface area contributed by atoms with Crippen LogP contribution >= 0.6 is 24.8 Å². The highest BCUT2D eigenvalue weighted by Gasteiger charge is 2.32. The Kier molecular flexibility index (Phi) is 9.30. The maximum atomic E-state index is 14.2. The number of nitrogens with one attached hydrogen (secondary N) is 1. The predicted octanol–water partition coefficient (Wildman–Crippen LogP) is 4.18. The van der Waals surface area contributed by atoms with Crippen molar-refractivity contribution in [2.45, 2.75) is 12.4 Å². The van der Waals surface area contributed by atoms with Gasteiger partial charge in [0.15, 0.2) is 11.6 Å². The zero-order valence-electron chi connectivity index (χ0n) is 15.8. The lowest BCUT2D eigenvalue weighted by Crippen LogP contribution is -2.45. The summed E-state index contributed by atoms with van der Waals surface area (Å²) in [5, 5.41) is 24.5. The Bertz CT molecular complexity index is 895. The molecule has 2 aromatic rings. The minimum atomic E-state index is -4.85. The van der Waals surface area contributed by atoms with Crippen LogP contribution in [0.5, 0.6) is 11.5 Å². The number of phenolic OH excluding ortho intramolecular Hbond substituents is 1. The molecule has 0 unspecified atom stereocenters. The molecule has 2 aromatic carbocycles.